The van der Waals surface area contributed by atoms with Gasteiger partial charge >= 0.3 is 34.7 Å². The number of hydrogen-bond acceptors (Lipinski definition) is 0. The SMILES string of the molecule is [Cr].[GeH4].[SeH2].[Zn]. The van der Waals surface area contributed by atoms with Crippen LogP contribution in [0.3, 0.4) is 0 Å². The molecule has 0 aromatic heterocycles. The van der Waals surface area contributed by atoms with Crippen molar-refractivity contribution in [2.75, 3.05) is 0 Å². The van der Waals surface area contributed by atoms with Crippen LogP contribution in [0.15, 0.2) is 0 Å². The average Bonchev–Trinajstić information content (AvgIpc) is 0. The quantitative estimate of drug-likeness (QED) is 0.433. The van der Waals surface area contributed by atoms with Gasteiger partial charge in [0.2, 0.25) is 0 Å². The predicted octanol–water partition coefficient (Wildman–Crippen LogP) is -2.37. The maximum Gasteiger partial charge on any atom is 0 e. The van der Waals surface area contributed by atoms with Crippen LogP contribution in [0.25, 0.3) is 0 Å². The first-order chi connectivity index (χ1) is 0. The summed E-state index contributed by atoms with van der Waals surface area (Å²) < 4.78 is 0. The van der Waals surface area contributed by atoms with Gasteiger partial charge in [0.1, 0.15) is 0 Å². The maximum absolute atomic E-state index is 0. The fraction of sp³-hybridized carbons (Fsp3) is 0. The summed E-state index contributed by atoms with van der Waals surface area (Å²) in [6.45, 7) is 0. The molecule has 0 heterocycles. The van der Waals surface area contributed by atoms with Gasteiger partial charge in [-0.2, -0.15) is 0 Å². The second kappa shape index (κ2) is 18.9. The third-order valence-electron chi connectivity index (χ3n) is 0. The molecule has 0 aliphatic heterocycles. The largest absolute Gasteiger partial charge is 0 e. The molecule has 0 aliphatic rings. The smallest absolute Gasteiger partial charge is 0 e. The zero-order valence-corrected chi connectivity index (χ0v) is 7.96. The topological polar surface area (TPSA) is 0 Å². The summed E-state index contributed by atoms with van der Waals surface area (Å²) in [7, 11) is 0. The summed E-state index contributed by atoms with van der Waals surface area (Å²) in [5.41, 5.74) is 0. The van der Waals surface area contributed by atoms with E-state index in [1.807, 2.05) is 0 Å². The van der Waals surface area contributed by atoms with Gasteiger partial charge in [0.25, 0.3) is 0 Å². The van der Waals surface area contributed by atoms with E-state index in [2.05, 4.69) is 0 Å². The minimum atomic E-state index is 0. The van der Waals surface area contributed by atoms with Crippen molar-refractivity contribution in [1.29, 1.82) is 0 Å². The standard InChI is InChI=1S/Cr.GeH4.H2Se.Zn/h;1H4;1H2;. The van der Waals surface area contributed by atoms with E-state index in [9.17, 15) is 0 Å². The molecule has 0 nitrogen and oxygen atoms in total. The molecule has 0 amide bonds. The summed E-state index contributed by atoms with van der Waals surface area (Å²) in [6, 6.07) is 0. The molecule has 0 bridgehead atoms. The van der Waals surface area contributed by atoms with Crippen LogP contribution in [0.5, 0.6) is 0 Å². The Bertz CT molecular complexity index is 8.00. The van der Waals surface area contributed by atoms with Gasteiger partial charge in [0.15, 0.2) is 0 Å². The molecule has 24 valence electrons. The van der Waals surface area contributed by atoms with Gasteiger partial charge in [-0.3, -0.25) is 0 Å². The van der Waals surface area contributed by atoms with Gasteiger partial charge < -0.3 is 0 Å². The number of rotatable bonds is 0. The van der Waals surface area contributed by atoms with Crippen molar-refractivity contribution >= 4 is 34.7 Å². The molecule has 4 heteroatoms. The maximum atomic E-state index is 0. The summed E-state index contributed by atoms with van der Waals surface area (Å²) in [5, 5.41) is 0. The van der Waals surface area contributed by atoms with Crippen LogP contribution in [0.4, 0.5) is 0 Å². The van der Waals surface area contributed by atoms with Crippen molar-refractivity contribution in [3.63, 3.8) is 0 Å². The van der Waals surface area contributed by atoms with Crippen molar-refractivity contribution in [2.24, 2.45) is 0 Å². The first-order valence-electron chi connectivity index (χ1n) is 0. The second-order valence-electron chi connectivity index (χ2n) is 0. The molecule has 0 N–H and O–H groups in total. The summed E-state index contributed by atoms with van der Waals surface area (Å²) >= 11 is 0. The van der Waals surface area contributed by atoms with Crippen LogP contribution < -0.4 is 0 Å². The fourth-order valence-corrected chi connectivity index (χ4v) is 0. The van der Waals surface area contributed by atoms with Gasteiger partial charge in [0, 0.05) is 36.8 Å². The van der Waals surface area contributed by atoms with Gasteiger partial charge in [0.05, 0.1) is 0 Å². The molecule has 0 rings (SSSR count). The van der Waals surface area contributed by atoms with Crippen molar-refractivity contribution in [1.82, 2.24) is 0 Å². The Morgan fingerprint density at radius 1 is 1.00 bits per heavy atom. The van der Waals surface area contributed by atoms with Crippen molar-refractivity contribution < 1.29 is 36.8 Å². The van der Waals surface area contributed by atoms with E-state index in [1.165, 1.54) is 0 Å². The van der Waals surface area contributed by atoms with Crippen LogP contribution >= 0.6 is 0 Å². The summed E-state index contributed by atoms with van der Waals surface area (Å²) in [6.07, 6.45) is 0. The number of hydrogen-bond donors (Lipinski definition) is 0. The Hall–Kier alpha value is 2.22. The molecular weight excluding hydrogens is 269 g/mol. The third-order valence-corrected chi connectivity index (χ3v) is 0. The molecule has 0 aromatic rings. The molecule has 0 saturated heterocycles. The molecule has 0 radical (unpaired) electrons. The summed E-state index contributed by atoms with van der Waals surface area (Å²) in [4.78, 5) is 0. The molecule has 0 aromatic carbocycles. The van der Waals surface area contributed by atoms with E-state index in [1.54, 1.807) is 0 Å². The predicted molar refractivity (Wildman–Crippen MR) is 19.9 cm³/mol. The van der Waals surface area contributed by atoms with Gasteiger partial charge in [-0.05, 0) is 0 Å². The minimum Gasteiger partial charge on any atom is 0 e. The van der Waals surface area contributed by atoms with Gasteiger partial charge in [-0.1, -0.05) is 0 Å². The monoisotopic (exact) mass is 276 g/mol. The van der Waals surface area contributed by atoms with E-state index in [0.717, 1.165) is 0 Å². The average molecular weight is 275 g/mol. The van der Waals surface area contributed by atoms with E-state index in [0.29, 0.717) is 0 Å². The zero-order chi connectivity index (χ0) is 0. The molecule has 4 heavy (non-hydrogen) atoms. The van der Waals surface area contributed by atoms with Crippen molar-refractivity contribution in [3.8, 4) is 0 Å². The fourth-order valence-electron chi connectivity index (χ4n) is 0. The summed E-state index contributed by atoms with van der Waals surface area (Å²) in [5.74, 6) is 0. The van der Waals surface area contributed by atoms with Crippen LogP contribution in [0, 0.1) is 0 Å². The minimum absolute atomic E-state index is 0. The van der Waals surface area contributed by atoms with Gasteiger partial charge in [-0.15, -0.1) is 0 Å². The molecule has 0 spiro atoms. The van der Waals surface area contributed by atoms with Crippen LogP contribution in [-0.2, 0) is 36.8 Å². The normalized spacial score (nSPS) is 0. The van der Waals surface area contributed by atoms with Crippen molar-refractivity contribution in [3.05, 3.63) is 0 Å². The molecule has 0 atom stereocenters. The molecule has 0 fully saturated rings. The first-order valence-corrected chi connectivity index (χ1v) is 0. The Morgan fingerprint density at radius 3 is 1.00 bits per heavy atom. The van der Waals surface area contributed by atoms with Gasteiger partial charge in [-0.25, -0.2) is 0 Å². The van der Waals surface area contributed by atoms with Crippen molar-refractivity contribution in [2.45, 2.75) is 0 Å². The molecule has 0 aliphatic carbocycles. The second-order valence-corrected chi connectivity index (χ2v) is 0. The Kier molecular flexibility index (Phi) is 162. The van der Waals surface area contributed by atoms with E-state index in [-0.39, 0.29) is 71.5 Å². The van der Waals surface area contributed by atoms with E-state index in [4.69, 9.17) is 0 Å². The van der Waals surface area contributed by atoms with Crippen LogP contribution in [0.1, 0.15) is 0 Å². The first kappa shape index (κ1) is 34.4. The molecule has 0 unspecified atom stereocenters. The van der Waals surface area contributed by atoms with Crippen LogP contribution in [0.2, 0.25) is 0 Å². The Morgan fingerprint density at radius 2 is 1.00 bits per heavy atom. The Balaban J connectivity index is 0. The van der Waals surface area contributed by atoms with Crippen LogP contribution in [-0.4, -0.2) is 34.7 Å². The third kappa shape index (κ3) is 8.88. The Labute approximate surface area is 70.8 Å². The zero-order valence-electron chi connectivity index (χ0n) is 1.62. The van der Waals surface area contributed by atoms with E-state index < -0.39 is 0 Å². The van der Waals surface area contributed by atoms with E-state index >= 15 is 0 Å². The molecular formula is H6CrGeSeZn. The molecule has 0 saturated carbocycles.